The fourth-order valence-corrected chi connectivity index (χ4v) is 2.78. The standard InChI is InChI=1S/C14H16N2O2/c17-13-14(18)16-12-10-6-4-2-1-3-5-9(10)7-8-11(12)15-13/h7-8H,1-6H2,(H,15,17)(H,16,18). The van der Waals surface area contributed by atoms with Crippen LogP contribution in [0.4, 0.5) is 0 Å². The number of hydrogen-bond donors (Lipinski definition) is 2. The van der Waals surface area contributed by atoms with Crippen molar-refractivity contribution < 1.29 is 0 Å². The molecule has 0 saturated carbocycles. The Morgan fingerprint density at radius 1 is 0.833 bits per heavy atom. The van der Waals surface area contributed by atoms with Crippen molar-refractivity contribution >= 4 is 11.0 Å². The smallest absolute Gasteiger partial charge is 0.314 e. The number of nitrogens with one attached hydrogen (secondary N) is 2. The summed E-state index contributed by atoms with van der Waals surface area (Å²) in [6, 6.07) is 3.98. The zero-order chi connectivity index (χ0) is 12.5. The number of aromatic amines is 2. The molecule has 0 bridgehead atoms. The van der Waals surface area contributed by atoms with Crippen LogP contribution >= 0.6 is 0 Å². The molecule has 3 rings (SSSR count). The van der Waals surface area contributed by atoms with Gasteiger partial charge in [0.1, 0.15) is 0 Å². The lowest BCUT2D eigenvalue weighted by atomic mass is 9.92. The highest BCUT2D eigenvalue weighted by Crippen LogP contribution is 2.24. The molecule has 1 aliphatic rings. The highest BCUT2D eigenvalue weighted by molar-refractivity contribution is 5.79. The predicted octanol–water partition coefficient (Wildman–Crippen LogP) is 1.88. The lowest BCUT2D eigenvalue weighted by molar-refractivity contribution is 0.618. The van der Waals surface area contributed by atoms with Crippen molar-refractivity contribution in [3.05, 3.63) is 44.0 Å². The van der Waals surface area contributed by atoms with Crippen LogP contribution in [0.15, 0.2) is 21.7 Å². The average Bonchev–Trinajstić information content (AvgIpc) is 2.32. The van der Waals surface area contributed by atoms with Crippen molar-refractivity contribution in [3.63, 3.8) is 0 Å². The minimum absolute atomic E-state index is 0.557. The zero-order valence-corrected chi connectivity index (χ0v) is 10.2. The Labute approximate surface area is 104 Å². The first-order valence-electron chi connectivity index (χ1n) is 6.53. The SMILES string of the molecule is O=c1[nH]c2ccc3c(c2[nH]c1=O)CCCCCC3. The molecule has 1 aromatic carbocycles. The Morgan fingerprint density at radius 3 is 2.39 bits per heavy atom. The van der Waals surface area contributed by atoms with E-state index >= 15 is 0 Å². The summed E-state index contributed by atoms with van der Waals surface area (Å²) in [4.78, 5) is 28.2. The van der Waals surface area contributed by atoms with Gasteiger partial charge in [-0.1, -0.05) is 18.9 Å². The molecule has 1 aromatic heterocycles. The highest BCUT2D eigenvalue weighted by Gasteiger charge is 2.12. The van der Waals surface area contributed by atoms with Crippen LogP contribution in [-0.4, -0.2) is 9.97 Å². The Balaban J connectivity index is 2.28. The summed E-state index contributed by atoms with van der Waals surface area (Å²) in [5.74, 6) is 0. The molecular weight excluding hydrogens is 228 g/mol. The Kier molecular flexibility index (Phi) is 2.78. The van der Waals surface area contributed by atoms with E-state index in [2.05, 4.69) is 16.0 Å². The summed E-state index contributed by atoms with van der Waals surface area (Å²) in [6.07, 6.45) is 6.91. The van der Waals surface area contributed by atoms with Crippen molar-refractivity contribution in [1.82, 2.24) is 9.97 Å². The van der Waals surface area contributed by atoms with Crippen LogP contribution in [0, 0.1) is 0 Å². The molecule has 4 nitrogen and oxygen atoms in total. The first kappa shape index (κ1) is 11.3. The topological polar surface area (TPSA) is 65.7 Å². The van der Waals surface area contributed by atoms with Gasteiger partial charge in [0.15, 0.2) is 0 Å². The molecule has 0 atom stereocenters. The van der Waals surface area contributed by atoms with Crippen LogP contribution in [0.2, 0.25) is 0 Å². The number of hydrogen-bond acceptors (Lipinski definition) is 2. The minimum atomic E-state index is -0.576. The van der Waals surface area contributed by atoms with Crippen LogP contribution in [0.25, 0.3) is 11.0 Å². The molecule has 4 heteroatoms. The van der Waals surface area contributed by atoms with Gasteiger partial charge in [0.25, 0.3) is 0 Å². The molecule has 1 aliphatic carbocycles. The lowest BCUT2D eigenvalue weighted by Gasteiger charge is -2.15. The van der Waals surface area contributed by atoms with E-state index in [0.29, 0.717) is 0 Å². The number of fused-ring (bicyclic) bond motifs is 3. The van der Waals surface area contributed by atoms with Crippen molar-refractivity contribution in [2.24, 2.45) is 0 Å². The molecule has 0 aliphatic heterocycles. The van der Waals surface area contributed by atoms with Crippen molar-refractivity contribution in [1.29, 1.82) is 0 Å². The zero-order valence-electron chi connectivity index (χ0n) is 10.2. The van der Waals surface area contributed by atoms with Gasteiger partial charge in [-0.2, -0.15) is 0 Å². The molecule has 0 spiro atoms. The van der Waals surface area contributed by atoms with Gasteiger partial charge < -0.3 is 9.97 Å². The summed E-state index contributed by atoms with van der Waals surface area (Å²) in [7, 11) is 0. The summed E-state index contributed by atoms with van der Waals surface area (Å²) in [5.41, 5.74) is 2.94. The Hall–Kier alpha value is -1.84. The molecule has 0 radical (unpaired) electrons. The van der Waals surface area contributed by atoms with Gasteiger partial charge in [-0.25, -0.2) is 0 Å². The lowest BCUT2D eigenvalue weighted by Crippen LogP contribution is -2.29. The molecule has 2 N–H and O–H groups in total. The second-order valence-corrected chi connectivity index (χ2v) is 4.95. The van der Waals surface area contributed by atoms with Crippen LogP contribution in [0.3, 0.4) is 0 Å². The summed E-state index contributed by atoms with van der Waals surface area (Å²) in [6.45, 7) is 0. The van der Waals surface area contributed by atoms with E-state index in [4.69, 9.17) is 0 Å². The first-order valence-corrected chi connectivity index (χ1v) is 6.53. The molecule has 1 heterocycles. The van der Waals surface area contributed by atoms with Gasteiger partial charge in [0, 0.05) is 0 Å². The first-order chi connectivity index (χ1) is 8.75. The van der Waals surface area contributed by atoms with E-state index < -0.39 is 11.1 Å². The average molecular weight is 244 g/mol. The number of aryl methyl sites for hydroxylation is 2. The molecular formula is C14H16N2O2. The van der Waals surface area contributed by atoms with Crippen LogP contribution in [-0.2, 0) is 12.8 Å². The Bertz CT molecular complexity index is 697. The molecule has 0 fully saturated rings. The fraction of sp³-hybridized carbons (Fsp3) is 0.429. The van der Waals surface area contributed by atoms with Gasteiger partial charge in [0.2, 0.25) is 0 Å². The third-order valence-electron chi connectivity index (χ3n) is 3.73. The maximum atomic E-state index is 11.5. The third-order valence-corrected chi connectivity index (χ3v) is 3.73. The quantitative estimate of drug-likeness (QED) is 0.695. The van der Waals surface area contributed by atoms with Gasteiger partial charge in [-0.3, -0.25) is 9.59 Å². The van der Waals surface area contributed by atoms with E-state index in [0.717, 1.165) is 30.3 Å². The molecule has 94 valence electrons. The monoisotopic (exact) mass is 244 g/mol. The van der Waals surface area contributed by atoms with Gasteiger partial charge in [0.05, 0.1) is 11.0 Å². The third kappa shape index (κ3) is 1.88. The van der Waals surface area contributed by atoms with Crippen LogP contribution in [0.1, 0.15) is 36.8 Å². The van der Waals surface area contributed by atoms with Gasteiger partial charge in [-0.15, -0.1) is 0 Å². The van der Waals surface area contributed by atoms with Gasteiger partial charge in [-0.05, 0) is 42.9 Å². The van der Waals surface area contributed by atoms with E-state index in [1.54, 1.807) is 0 Å². The van der Waals surface area contributed by atoms with Crippen molar-refractivity contribution in [2.75, 3.05) is 0 Å². The summed E-state index contributed by atoms with van der Waals surface area (Å²) < 4.78 is 0. The normalized spacial score (nSPS) is 16.0. The molecule has 0 amide bonds. The fourth-order valence-electron chi connectivity index (χ4n) is 2.78. The largest absolute Gasteiger partial charge is 0.316 e. The number of aromatic nitrogens is 2. The van der Waals surface area contributed by atoms with Crippen molar-refractivity contribution in [3.8, 4) is 0 Å². The molecule has 18 heavy (non-hydrogen) atoms. The molecule has 0 unspecified atom stereocenters. The molecule has 2 aromatic rings. The maximum absolute atomic E-state index is 11.5. The highest BCUT2D eigenvalue weighted by atomic mass is 16.2. The number of rotatable bonds is 0. The summed E-state index contributed by atoms with van der Waals surface area (Å²) in [5, 5.41) is 0. The minimum Gasteiger partial charge on any atom is -0.316 e. The molecule has 0 saturated heterocycles. The van der Waals surface area contributed by atoms with E-state index in [-0.39, 0.29) is 0 Å². The van der Waals surface area contributed by atoms with Crippen molar-refractivity contribution in [2.45, 2.75) is 38.5 Å². The van der Waals surface area contributed by atoms with Crippen LogP contribution in [0.5, 0.6) is 0 Å². The number of H-pyrrole nitrogens is 2. The van der Waals surface area contributed by atoms with Gasteiger partial charge >= 0.3 is 11.1 Å². The van der Waals surface area contributed by atoms with E-state index in [9.17, 15) is 9.59 Å². The maximum Gasteiger partial charge on any atom is 0.314 e. The second-order valence-electron chi connectivity index (χ2n) is 4.95. The summed E-state index contributed by atoms with van der Waals surface area (Å²) >= 11 is 0. The van der Waals surface area contributed by atoms with E-state index in [1.807, 2.05) is 6.07 Å². The van der Waals surface area contributed by atoms with Crippen LogP contribution < -0.4 is 11.1 Å². The van der Waals surface area contributed by atoms with E-state index in [1.165, 1.54) is 30.4 Å². The second kappa shape index (κ2) is 4.44. The predicted molar refractivity (Wildman–Crippen MR) is 71.1 cm³/mol. The number of benzene rings is 1. The Morgan fingerprint density at radius 2 is 1.56 bits per heavy atom.